The fourth-order valence-electron chi connectivity index (χ4n) is 2.13. The summed E-state index contributed by atoms with van der Waals surface area (Å²) >= 11 is 0. The Bertz CT molecular complexity index is 367. The Morgan fingerprint density at radius 3 is 2.81 bits per heavy atom. The Labute approximate surface area is 95.4 Å². The summed E-state index contributed by atoms with van der Waals surface area (Å²) in [6, 6.07) is 0. The zero-order chi connectivity index (χ0) is 11.4. The molecule has 0 unspecified atom stereocenters. The molecular formula is C11H18N4O. The van der Waals surface area contributed by atoms with Gasteiger partial charge >= 0.3 is 0 Å². The maximum atomic E-state index is 5.51. The first-order valence-corrected chi connectivity index (χ1v) is 5.69. The first-order chi connectivity index (χ1) is 7.85. The summed E-state index contributed by atoms with van der Waals surface area (Å²) in [5.74, 6) is 6.98. The van der Waals surface area contributed by atoms with E-state index in [9.17, 15) is 0 Å². The third kappa shape index (κ3) is 2.31. The summed E-state index contributed by atoms with van der Waals surface area (Å²) in [6.07, 6.45) is 5.67. The van der Waals surface area contributed by atoms with Gasteiger partial charge in [0.15, 0.2) is 5.82 Å². The predicted molar refractivity (Wildman–Crippen MR) is 61.8 cm³/mol. The highest BCUT2D eigenvalue weighted by atomic mass is 16.5. The van der Waals surface area contributed by atoms with E-state index in [0.29, 0.717) is 12.4 Å². The second-order valence-corrected chi connectivity index (χ2v) is 4.05. The molecule has 1 aromatic heterocycles. The number of anilines is 1. The van der Waals surface area contributed by atoms with Crippen LogP contribution in [0.4, 0.5) is 5.82 Å². The maximum Gasteiger partial charge on any atom is 0.156 e. The zero-order valence-corrected chi connectivity index (χ0v) is 9.62. The maximum absolute atomic E-state index is 5.51. The molecule has 0 spiro atoms. The number of nitrogen functional groups attached to an aromatic ring is 1. The quantitative estimate of drug-likeness (QED) is 0.456. The van der Waals surface area contributed by atoms with Crippen LogP contribution in [-0.2, 0) is 24.2 Å². The lowest BCUT2D eigenvalue weighted by molar-refractivity contribution is 0.177. The highest BCUT2D eigenvalue weighted by molar-refractivity contribution is 5.46. The molecule has 1 aliphatic carbocycles. The summed E-state index contributed by atoms with van der Waals surface area (Å²) in [6.45, 7) is 0.432. The van der Waals surface area contributed by atoms with Crippen molar-refractivity contribution in [2.24, 2.45) is 5.84 Å². The van der Waals surface area contributed by atoms with E-state index in [1.165, 1.54) is 24.8 Å². The summed E-state index contributed by atoms with van der Waals surface area (Å²) in [5, 5.41) is 0. The Hall–Kier alpha value is -1.20. The first kappa shape index (κ1) is 11.3. The lowest BCUT2D eigenvalue weighted by Crippen LogP contribution is -2.15. The van der Waals surface area contributed by atoms with Crippen molar-refractivity contribution in [2.45, 2.75) is 38.7 Å². The van der Waals surface area contributed by atoms with Crippen LogP contribution >= 0.6 is 0 Å². The third-order valence-corrected chi connectivity index (χ3v) is 2.89. The molecule has 1 aliphatic rings. The number of hydrazine groups is 1. The standard InChI is InChI=1S/C11H18N4O/c1-16-7-10-13-9-6-4-2-3-5-8(9)11(14-10)15-12/h2-7,12H2,1H3,(H,13,14,15). The van der Waals surface area contributed by atoms with E-state index >= 15 is 0 Å². The predicted octanol–water partition coefficient (Wildman–Crippen LogP) is 1.18. The largest absolute Gasteiger partial charge is 0.377 e. The second-order valence-electron chi connectivity index (χ2n) is 4.05. The Kier molecular flexibility index (Phi) is 3.69. The molecule has 0 radical (unpaired) electrons. The number of nitrogens with two attached hydrogens (primary N) is 1. The van der Waals surface area contributed by atoms with Gasteiger partial charge < -0.3 is 10.2 Å². The lowest BCUT2D eigenvalue weighted by atomic mass is 10.1. The average Bonchev–Trinajstić information content (AvgIpc) is 2.53. The molecule has 0 aromatic carbocycles. The van der Waals surface area contributed by atoms with E-state index in [1.54, 1.807) is 7.11 Å². The third-order valence-electron chi connectivity index (χ3n) is 2.89. The van der Waals surface area contributed by atoms with Crippen LogP contribution in [0.5, 0.6) is 0 Å². The average molecular weight is 222 g/mol. The number of nitrogens with one attached hydrogen (secondary N) is 1. The molecule has 88 valence electrons. The summed E-state index contributed by atoms with van der Waals surface area (Å²) in [7, 11) is 1.64. The number of rotatable bonds is 3. The lowest BCUT2D eigenvalue weighted by Gasteiger charge is -2.12. The van der Waals surface area contributed by atoms with Crippen LogP contribution < -0.4 is 11.3 Å². The number of methoxy groups -OCH3 is 1. The number of aromatic nitrogens is 2. The van der Waals surface area contributed by atoms with Crippen molar-refractivity contribution in [2.75, 3.05) is 12.5 Å². The molecule has 0 atom stereocenters. The molecule has 1 aromatic rings. The number of nitrogens with zero attached hydrogens (tertiary/aromatic N) is 2. The normalized spacial score (nSPS) is 15.4. The molecule has 0 aliphatic heterocycles. The fourth-order valence-corrected chi connectivity index (χ4v) is 2.13. The van der Waals surface area contributed by atoms with Crippen LogP contribution in [0.1, 0.15) is 36.3 Å². The highest BCUT2D eigenvalue weighted by Gasteiger charge is 2.15. The molecule has 0 saturated carbocycles. The molecular weight excluding hydrogens is 204 g/mol. The van der Waals surface area contributed by atoms with Gasteiger partial charge in [-0.15, -0.1) is 0 Å². The topological polar surface area (TPSA) is 73.1 Å². The van der Waals surface area contributed by atoms with Gasteiger partial charge in [0.05, 0.1) is 0 Å². The summed E-state index contributed by atoms with van der Waals surface area (Å²) in [4.78, 5) is 8.90. The molecule has 5 nitrogen and oxygen atoms in total. The van der Waals surface area contributed by atoms with Gasteiger partial charge in [0.25, 0.3) is 0 Å². The molecule has 3 N–H and O–H groups in total. The van der Waals surface area contributed by atoms with Crippen LogP contribution in [0.2, 0.25) is 0 Å². The molecule has 16 heavy (non-hydrogen) atoms. The zero-order valence-electron chi connectivity index (χ0n) is 9.62. The van der Waals surface area contributed by atoms with Crippen molar-refractivity contribution < 1.29 is 4.74 Å². The molecule has 2 rings (SSSR count). The van der Waals surface area contributed by atoms with Crippen molar-refractivity contribution >= 4 is 5.82 Å². The number of ether oxygens (including phenoxy) is 1. The number of fused-ring (bicyclic) bond motifs is 1. The van der Waals surface area contributed by atoms with Gasteiger partial charge in [-0.2, -0.15) is 0 Å². The summed E-state index contributed by atoms with van der Waals surface area (Å²) < 4.78 is 5.06. The van der Waals surface area contributed by atoms with E-state index in [2.05, 4.69) is 15.4 Å². The number of aryl methyl sites for hydroxylation is 1. The van der Waals surface area contributed by atoms with E-state index in [-0.39, 0.29) is 0 Å². The van der Waals surface area contributed by atoms with Crippen LogP contribution in [-0.4, -0.2) is 17.1 Å². The van der Waals surface area contributed by atoms with Gasteiger partial charge in [-0.05, 0) is 25.7 Å². The van der Waals surface area contributed by atoms with Crippen molar-refractivity contribution in [1.82, 2.24) is 9.97 Å². The van der Waals surface area contributed by atoms with Crippen molar-refractivity contribution in [3.63, 3.8) is 0 Å². The first-order valence-electron chi connectivity index (χ1n) is 5.69. The fraction of sp³-hybridized carbons (Fsp3) is 0.636. The molecule has 0 saturated heterocycles. The SMILES string of the molecule is COCc1nc2c(c(NN)n1)CCCCC2. The van der Waals surface area contributed by atoms with Crippen molar-refractivity contribution in [1.29, 1.82) is 0 Å². The monoisotopic (exact) mass is 222 g/mol. The van der Waals surface area contributed by atoms with Gasteiger partial charge in [-0.1, -0.05) is 6.42 Å². The minimum absolute atomic E-state index is 0.432. The van der Waals surface area contributed by atoms with E-state index in [4.69, 9.17) is 10.6 Å². The van der Waals surface area contributed by atoms with Gasteiger partial charge in [-0.3, -0.25) is 0 Å². The van der Waals surface area contributed by atoms with Crippen molar-refractivity contribution in [3.05, 3.63) is 17.1 Å². The van der Waals surface area contributed by atoms with Gasteiger partial charge in [0, 0.05) is 18.4 Å². The molecule has 0 amide bonds. The van der Waals surface area contributed by atoms with Crippen LogP contribution in [0, 0.1) is 0 Å². The minimum Gasteiger partial charge on any atom is -0.377 e. The molecule has 0 fully saturated rings. The Balaban J connectivity index is 2.38. The van der Waals surface area contributed by atoms with Crippen LogP contribution in [0.3, 0.4) is 0 Å². The van der Waals surface area contributed by atoms with Gasteiger partial charge in [0.2, 0.25) is 0 Å². The Morgan fingerprint density at radius 2 is 2.06 bits per heavy atom. The van der Waals surface area contributed by atoms with E-state index in [1.807, 2.05) is 0 Å². The van der Waals surface area contributed by atoms with Crippen LogP contribution in [0.25, 0.3) is 0 Å². The van der Waals surface area contributed by atoms with Gasteiger partial charge in [0.1, 0.15) is 12.4 Å². The highest BCUT2D eigenvalue weighted by Crippen LogP contribution is 2.24. The second kappa shape index (κ2) is 5.23. The smallest absolute Gasteiger partial charge is 0.156 e. The number of hydrogen-bond donors (Lipinski definition) is 2. The molecule has 0 bridgehead atoms. The Morgan fingerprint density at radius 1 is 1.25 bits per heavy atom. The van der Waals surface area contributed by atoms with Crippen molar-refractivity contribution in [3.8, 4) is 0 Å². The van der Waals surface area contributed by atoms with Gasteiger partial charge in [-0.25, -0.2) is 15.8 Å². The molecule has 5 heteroatoms. The number of hydrogen-bond acceptors (Lipinski definition) is 5. The van der Waals surface area contributed by atoms with Crippen LogP contribution in [0.15, 0.2) is 0 Å². The van der Waals surface area contributed by atoms with E-state index < -0.39 is 0 Å². The van der Waals surface area contributed by atoms with E-state index in [0.717, 1.165) is 24.4 Å². The summed E-state index contributed by atoms with van der Waals surface area (Å²) in [5.41, 5.74) is 4.99. The minimum atomic E-state index is 0.432. The molecule has 1 heterocycles.